The van der Waals surface area contributed by atoms with E-state index in [4.69, 9.17) is 0 Å². The molecule has 0 spiro atoms. The minimum absolute atomic E-state index is 0.00327. The summed E-state index contributed by atoms with van der Waals surface area (Å²) in [6, 6.07) is 6.90. The fraction of sp³-hybridized carbons (Fsp3) is 0.278. The molecule has 3 aromatic rings. The van der Waals surface area contributed by atoms with Gasteiger partial charge in [0.15, 0.2) is 12.2 Å². The number of carbonyl (C=O) groups excluding carboxylic acids is 1. The number of ether oxygens (including phenoxy) is 1. The summed E-state index contributed by atoms with van der Waals surface area (Å²) < 4.78 is 57.3. The Morgan fingerprint density at radius 3 is 2.61 bits per heavy atom. The zero-order valence-electron chi connectivity index (χ0n) is 15.8. The number of cyclic esters (lactones) is 1. The van der Waals surface area contributed by atoms with Gasteiger partial charge < -0.3 is 9.84 Å². The molecule has 162 valence electrons. The van der Waals surface area contributed by atoms with Gasteiger partial charge in [-0.25, -0.2) is 9.18 Å². The van der Waals surface area contributed by atoms with E-state index in [1.54, 1.807) is 19.2 Å². The van der Waals surface area contributed by atoms with Crippen LogP contribution in [-0.2, 0) is 11.8 Å². The monoisotopic (exact) mass is 438 g/mol. The largest absolute Gasteiger partial charge is 0.441 e. The van der Waals surface area contributed by atoms with Crippen molar-refractivity contribution < 1.29 is 32.2 Å². The quantitative estimate of drug-likeness (QED) is 0.623. The number of hydrogen-bond donors (Lipinski definition) is 1. The van der Waals surface area contributed by atoms with Crippen LogP contribution < -0.4 is 4.90 Å². The summed E-state index contributed by atoms with van der Waals surface area (Å²) in [4.78, 5) is 18.2. The number of pyridine rings is 1. The molecule has 0 radical (unpaired) electrons. The third-order valence-electron chi connectivity index (χ3n) is 4.60. The van der Waals surface area contributed by atoms with E-state index in [0.29, 0.717) is 17.1 Å². The van der Waals surface area contributed by atoms with Gasteiger partial charge in [0.2, 0.25) is 5.82 Å². The van der Waals surface area contributed by atoms with Gasteiger partial charge >= 0.3 is 12.3 Å². The molecule has 1 fully saturated rings. The lowest BCUT2D eigenvalue weighted by Crippen LogP contribution is -2.42. The average molecular weight is 438 g/mol. The highest BCUT2D eigenvalue weighted by Crippen LogP contribution is 2.32. The summed E-state index contributed by atoms with van der Waals surface area (Å²) in [6.45, 7) is -0.570. The second kappa shape index (κ2) is 7.58. The minimum atomic E-state index is -4.95. The molecule has 1 aliphatic rings. The fourth-order valence-corrected chi connectivity index (χ4v) is 3.05. The molecule has 1 aromatic carbocycles. The summed E-state index contributed by atoms with van der Waals surface area (Å²) in [6.07, 6.45) is -9.29. The van der Waals surface area contributed by atoms with Gasteiger partial charge in [-0.15, -0.1) is 10.2 Å². The molecule has 13 heteroatoms. The maximum absolute atomic E-state index is 14.7. The van der Waals surface area contributed by atoms with E-state index < -0.39 is 36.8 Å². The third-order valence-corrected chi connectivity index (χ3v) is 4.60. The standard InChI is InChI=1S/C18H14F4N6O3/c1-27-25-16(24-26-27)13-5-2-9(7-23-13)11-4-3-10(6-12(11)19)28-8-14(31-17(28)30)15(29)18(20,21)22/h2-7,14-15,29H,8H2,1H3/t14-,15?/m1/s1. The lowest BCUT2D eigenvalue weighted by Gasteiger charge is -2.19. The van der Waals surface area contributed by atoms with Crippen LogP contribution in [0.4, 0.5) is 28.0 Å². The Bertz CT molecular complexity index is 1120. The molecule has 1 unspecified atom stereocenters. The molecule has 0 bridgehead atoms. The van der Waals surface area contributed by atoms with Gasteiger partial charge in [-0.05, 0) is 29.5 Å². The molecule has 4 rings (SSSR count). The van der Waals surface area contributed by atoms with E-state index in [1.165, 1.54) is 23.1 Å². The molecule has 2 atom stereocenters. The number of nitrogens with zero attached hydrogens (tertiary/aromatic N) is 6. The predicted octanol–water partition coefficient (Wildman–Crippen LogP) is 2.33. The summed E-state index contributed by atoms with van der Waals surface area (Å²) in [7, 11) is 1.60. The van der Waals surface area contributed by atoms with Crippen molar-refractivity contribution in [2.75, 3.05) is 11.4 Å². The number of benzene rings is 1. The Balaban J connectivity index is 1.54. The molecular weight excluding hydrogens is 424 g/mol. The van der Waals surface area contributed by atoms with Crippen molar-refractivity contribution in [3.05, 3.63) is 42.3 Å². The summed E-state index contributed by atoms with van der Waals surface area (Å²) in [5.74, 6) is -0.426. The SMILES string of the molecule is Cn1nnc(-c2ccc(-c3ccc(N4C[C@H](C(O)C(F)(F)F)OC4=O)cc3F)cn2)n1. The van der Waals surface area contributed by atoms with Crippen LogP contribution in [0.1, 0.15) is 0 Å². The van der Waals surface area contributed by atoms with E-state index in [9.17, 15) is 27.5 Å². The lowest BCUT2D eigenvalue weighted by atomic mass is 10.1. The topological polar surface area (TPSA) is 106 Å². The Labute approximate surface area is 171 Å². The first-order valence-electron chi connectivity index (χ1n) is 8.87. The third kappa shape index (κ3) is 4.03. The lowest BCUT2D eigenvalue weighted by molar-refractivity contribution is -0.224. The van der Waals surface area contributed by atoms with E-state index in [-0.39, 0.29) is 11.3 Å². The molecule has 0 saturated carbocycles. The van der Waals surface area contributed by atoms with Gasteiger partial charge in [-0.1, -0.05) is 6.07 Å². The summed E-state index contributed by atoms with van der Waals surface area (Å²) >= 11 is 0. The first kappa shape index (κ1) is 20.7. The minimum Gasteiger partial charge on any atom is -0.441 e. The molecule has 3 heterocycles. The number of rotatable bonds is 4. The smallest absolute Gasteiger partial charge is 0.418 e. The number of hydrogen-bond acceptors (Lipinski definition) is 7. The molecule has 1 N–H and O–H groups in total. The number of amides is 1. The van der Waals surface area contributed by atoms with Gasteiger partial charge in [0.25, 0.3) is 0 Å². The van der Waals surface area contributed by atoms with Crippen molar-refractivity contribution in [2.24, 2.45) is 7.05 Å². The van der Waals surface area contributed by atoms with E-state index >= 15 is 0 Å². The van der Waals surface area contributed by atoms with E-state index in [2.05, 4.69) is 25.1 Å². The van der Waals surface area contributed by atoms with Crippen LogP contribution in [-0.4, -0.2) is 61.3 Å². The first-order valence-corrected chi connectivity index (χ1v) is 8.87. The number of halogens is 4. The summed E-state index contributed by atoms with van der Waals surface area (Å²) in [5.41, 5.74) is 1.01. The number of aromatic nitrogens is 5. The predicted molar refractivity (Wildman–Crippen MR) is 97.1 cm³/mol. The second-order valence-electron chi connectivity index (χ2n) is 6.72. The van der Waals surface area contributed by atoms with Crippen LogP contribution in [0.5, 0.6) is 0 Å². The normalized spacial score (nSPS) is 17.7. The van der Waals surface area contributed by atoms with Crippen molar-refractivity contribution in [1.82, 2.24) is 25.2 Å². The number of aryl methyl sites for hydroxylation is 1. The van der Waals surface area contributed by atoms with Crippen LogP contribution in [0.15, 0.2) is 36.5 Å². The Morgan fingerprint density at radius 1 is 1.26 bits per heavy atom. The highest BCUT2D eigenvalue weighted by molar-refractivity contribution is 5.90. The molecule has 2 aromatic heterocycles. The molecule has 1 amide bonds. The second-order valence-corrected chi connectivity index (χ2v) is 6.72. The number of anilines is 1. The Morgan fingerprint density at radius 2 is 2.03 bits per heavy atom. The van der Waals surface area contributed by atoms with Gasteiger partial charge in [0, 0.05) is 17.3 Å². The van der Waals surface area contributed by atoms with Crippen molar-refractivity contribution >= 4 is 11.8 Å². The first-order chi connectivity index (χ1) is 14.6. The zero-order chi connectivity index (χ0) is 22.3. The number of alkyl halides is 3. The molecule has 1 saturated heterocycles. The van der Waals surface area contributed by atoms with E-state index in [0.717, 1.165) is 11.0 Å². The Hall–Kier alpha value is -3.61. The van der Waals surface area contributed by atoms with Crippen LogP contribution in [0, 0.1) is 5.82 Å². The summed E-state index contributed by atoms with van der Waals surface area (Å²) in [5, 5.41) is 20.9. The number of aliphatic hydroxyl groups is 1. The highest BCUT2D eigenvalue weighted by Gasteiger charge is 2.49. The molecule has 31 heavy (non-hydrogen) atoms. The average Bonchev–Trinajstić information content (AvgIpc) is 3.32. The van der Waals surface area contributed by atoms with Crippen molar-refractivity contribution in [2.45, 2.75) is 18.4 Å². The molecule has 9 nitrogen and oxygen atoms in total. The number of aliphatic hydroxyl groups excluding tert-OH is 1. The Kier molecular flexibility index (Phi) is 5.05. The zero-order valence-corrected chi connectivity index (χ0v) is 15.8. The molecule has 0 aliphatic carbocycles. The van der Waals surface area contributed by atoms with Crippen molar-refractivity contribution in [3.8, 4) is 22.6 Å². The highest BCUT2D eigenvalue weighted by atomic mass is 19.4. The van der Waals surface area contributed by atoms with Crippen LogP contribution in [0.2, 0.25) is 0 Å². The maximum Gasteiger partial charge on any atom is 0.418 e. The molecule has 1 aliphatic heterocycles. The van der Waals surface area contributed by atoms with Crippen LogP contribution in [0.3, 0.4) is 0 Å². The van der Waals surface area contributed by atoms with Crippen molar-refractivity contribution in [3.63, 3.8) is 0 Å². The molecular formula is C18H14F4N6O3. The van der Waals surface area contributed by atoms with Gasteiger partial charge in [-0.3, -0.25) is 9.88 Å². The maximum atomic E-state index is 14.7. The van der Waals surface area contributed by atoms with Gasteiger partial charge in [-0.2, -0.15) is 18.0 Å². The van der Waals surface area contributed by atoms with Crippen LogP contribution >= 0.6 is 0 Å². The fourth-order valence-electron chi connectivity index (χ4n) is 3.05. The number of carbonyl (C=O) groups is 1. The van der Waals surface area contributed by atoms with Gasteiger partial charge in [0.05, 0.1) is 19.3 Å². The van der Waals surface area contributed by atoms with Gasteiger partial charge in [0.1, 0.15) is 11.5 Å². The van der Waals surface area contributed by atoms with Crippen LogP contribution in [0.25, 0.3) is 22.6 Å². The number of tetrazole rings is 1. The van der Waals surface area contributed by atoms with Crippen molar-refractivity contribution in [1.29, 1.82) is 0 Å². The van der Waals surface area contributed by atoms with E-state index in [1.807, 2.05) is 0 Å².